The van der Waals surface area contributed by atoms with E-state index in [1.165, 1.54) is 39.0 Å². The first-order valence-corrected chi connectivity index (χ1v) is 9.81. The molecule has 1 aromatic heterocycles. The molecule has 6 nitrogen and oxygen atoms in total. The first-order valence-electron chi connectivity index (χ1n) is 9.81. The van der Waals surface area contributed by atoms with Gasteiger partial charge in [-0.1, -0.05) is 32.1 Å². The molecule has 1 saturated heterocycles. The van der Waals surface area contributed by atoms with Gasteiger partial charge in [0.2, 0.25) is 5.91 Å². The Balaban J connectivity index is 1.44. The molecule has 1 saturated carbocycles. The summed E-state index contributed by atoms with van der Waals surface area (Å²) in [5.74, 6) is 0.779. The topological polar surface area (TPSA) is 73.5 Å². The lowest BCUT2D eigenvalue weighted by atomic mass is 9.86. The van der Waals surface area contributed by atoms with Gasteiger partial charge >= 0.3 is 0 Å². The zero-order valence-electron chi connectivity index (χ0n) is 15.6. The van der Waals surface area contributed by atoms with Crippen molar-refractivity contribution in [2.24, 2.45) is 5.92 Å². The lowest BCUT2D eigenvalue weighted by molar-refractivity contribution is -0.133. The molecule has 0 spiro atoms. The van der Waals surface area contributed by atoms with Gasteiger partial charge in [-0.15, -0.1) is 0 Å². The van der Waals surface area contributed by atoms with E-state index in [2.05, 4.69) is 4.98 Å². The fourth-order valence-corrected chi connectivity index (χ4v) is 4.01. The van der Waals surface area contributed by atoms with Crippen molar-refractivity contribution in [1.29, 1.82) is 0 Å². The molecule has 6 heteroatoms. The maximum Gasteiger partial charge on any atom is 0.270 e. The number of carbonyl (C=O) groups excluding carboxylic acids is 3. The van der Waals surface area contributed by atoms with E-state index in [4.69, 9.17) is 0 Å². The van der Waals surface area contributed by atoms with Gasteiger partial charge in [-0.2, -0.15) is 0 Å². The molecule has 2 fully saturated rings. The number of Topliss-reactive ketones (excluding diaryl/α,β-unsaturated/α-hetero) is 1. The number of rotatable bonds is 5. The van der Waals surface area contributed by atoms with Crippen LogP contribution in [0, 0.1) is 5.92 Å². The summed E-state index contributed by atoms with van der Waals surface area (Å²) in [6.45, 7) is 3.75. The number of nitrogens with zero attached hydrogens (tertiary/aromatic N) is 2. The van der Waals surface area contributed by atoms with E-state index < -0.39 is 0 Å². The van der Waals surface area contributed by atoms with Crippen LogP contribution in [0.4, 0.5) is 0 Å². The minimum atomic E-state index is -0.105. The number of hydrogen-bond acceptors (Lipinski definition) is 3. The van der Waals surface area contributed by atoms with Crippen molar-refractivity contribution in [2.75, 3.05) is 26.2 Å². The van der Waals surface area contributed by atoms with Crippen LogP contribution in [-0.2, 0) is 4.79 Å². The minimum Gasteiger partial charge on any atom is -0.356 e. The number of amides is 2. The molecule has 2 amide bonds. The van der Waals surface area contributed by atoms with Gasteiger partial charge in [0.05, 0.1) is 0 Å². The van der Waals surface area contributed by atoms with Gasteiger partial charge in [-0.3, -0.25) is 14.4 Å². The average Bonchev–Trinajstić information content (AvgIpc) is 3.17. The van der Waals surface area contributed by atoms with Crippen molar-refractivity contribution >= 4 is 17.6 Å². The molecule has 0 unspecified atom stereocenters. The van der Waals surface area contributed by atoms with Gasteiger partial charge in [0.1, 0.15) is 5.69 Å². The Morgan fingerprint density at radius 2 is 1.69 bits per heavy atom. The second-order valence-electron chi connectivity index (χ2n) is 7.57. The molecule has 142 valence electrons. The monoisotopic (exact) mass is 359 g/mol. The minimum absolute atomic E-state index is 0.0614. The van der Waals surface area contributed by atoms with Gasteiger partial charge in [0, 0.05) is 44.4 Å². The summed E-state index contributed by atoms with van der Waals surface area (Å²) in [4.78, 5) is 42.9. The summed E-state index contributed by atoms with van der Waals surface area (Å²) in [7, 11) is 0. The number of hydrogen-bond donors (Lipinski definition) is 1. The number of piperazine rings is 1. The van der Waals surface area contributed by atoms with E-state index in [0.29, 0.717) is 43.9 Å². The molecule has 3 rings (SSSR count). The van der Waals surface area contributed by atoms with E-state index in [-0.39, 0.29) is 17.6 Å². The molecular formula is C20H29N3O3. The number of nitrogens with one attached hydrogen (secondary N) is 1. The third-order valence-corrected chi connectivity index (χ3v) is 5.73. The Kier molecular flexibility index (Phi) is 6.12. The maximum absolute atomic E-state index is 12.5. The molecule has 0 bridgehead atoms. The Bertz CT molecular complexity index is 653. The average molecular weight is 359 g/mol. The smallest absolute Gasteiger partial charge is 0.270 e. The maximum atomic E-state index is 12.5. The van der Waals surface area contributed by atoms with Crippen molar-refractivity contribution < 1.29 is 14.4 Å². The highest BCUT2D eigenvalue weighted by Crippen LogP contribution is 2.27. The van der Waals surface area contributed by atoms with Crippen molar-refractivity contribution in [3.05, 3.63) is 23.5 Å². The molecule has 1 aliphatic heterocycles. The van der Waals surface area contributed by atoms with Gasteiger partial charge < -0.3 is 14.8 Å². The van der Waals surface area contributed by atoms with Crippen LogP contribution in [0.2, 0.25) is 0 Å². The molecule has 0 radical (unpaired) electrons. The molecule has 2 aliphatic rings. The third-order valence-electron chi connectivity index (χ3n) is 5.73. The molecular weight excluding hydrogens is 330 g/mol. The second-order valence-corrected chi connectivity index (χ2v) is 7.57. The van der Waals surface area contributed by atoms with Crippen LogP contribution in [0.5, 0.6) is 0 Å². The summed E-state index contributed by atoms with van der Waals surface area (Å²) < 4.78 is 0. The predicted molar refractivity (Wildman–Crippen MR) is 99.1 cm³/mol. The molecule has 26 heavy (non-hydrogen) atoms. The lowest BCUT2D eigenvalue weighted by Gasteiger charge is -2.35. The molecule has 0 aromatic carbocycles. The number of H-pyrrole nitrogens is 1. The van der Waals surface area contributed by atoms with Crippen molar-refractivity contribution in [1.82, 2.24) is 14.8 Å². The van der Waals surface area contributed by atoms with Gasteiger partial charge in [-0.25, -0.2) is 0 Å². The highest BCUT2D eigenvalue weighted by atomic mass is 16.2. The number of aromatic nitrogens is 1. The van der Waals surface area contributed by atoms with E-state index in [0.717, 1.165) is 12.3 Å². The van der Waals surface area contributed by atoms with Crippen LogP contribution in [0.3, 0.4) is 0 Å². The standard InChI is InChI=1S/C20H29N3O3/c1-15(24)17-13-18(21-14-17)20(26)23-11-9-22(10-12-23)19(25)8-7-16-5-3-2-4-6-16/h13-14,16,21H,2-12H2,1H3. The summed E-state index contributed by atoms with van der Waals surface area (Å²) in [5.41, 5.74) is 0.956. The van der Waals surface area contributed by atoms with E-state index in [9.17, 15) is 14.4 Å². The van der Waals surface area contributed by atoms with Crippen LogP contribution in [0.1, 0.15) is 72.7 Å². The predicted octanol–water partition coefficient (Wildman–Crippen LogP) is 2.86. The van der Waals surface area contributed by atoms with Crippen molar-refractivity contribution in [3.8, 4) is 0 Å². The Labute approximate surface area is 154 Å². The van der Waals surface area contributed by atoms with Crippen molar-refractivity contribution in [2.45, 2.75) is 51.9 Å². The zero-order valence-corrected chi connectivity index (χ0v) is 15.6. The molecule has 0 atom stereocenters. The molecule has 1 aliphatic carbocycles. The van der Waals surface area contributed by atoms with Gasteiger partial charge in [0.15, 0.2) is 5.78 Å². The van der Waals surface area contributed by atoms with E-state index >= 15 is 0 Å². The Morgan fingerprint density at radius 3 is 2.31 bits per heavy atom. The Morgan fingerprint density at radius 1 is 1.04 bits per heavy atom. The molecule has 1 N–H and O–H groups in total. The largest absolute Gasteiger partial charge is 0.356 e. The van der Waals surface area contributed by atoms with Crippen molar-refractivity contribution in [3.63, 3.8) is 0 Å². The molecule has 2 heterocycles. The SMILES string of the molecule is CC(=O)c1c[nH]c(C(=O)N2CCN(C(=O)CCC3CCCCC3)CC2)c1. The third kappa shape index (κ3) is 4.54. The van der Waals surface area contributed by atoms with Gasteiger partial charge in [0.25, 0.3) is 5.91 Å². The zero-order chi connectivity index (χ0) is 18.5. The fraction of sp³-hybridized carbons (Fsp3) is 0.650. The van der Waals surface area contributed by atoms with Gasteiger partial charge in [-0.05, 0) is 25.3 Å². The highest BCUT2D eigenvalue weighted by molar-refractivity contribution is 5.99. The second kappa shape index (κ2) is 8.52. The summed E-state index contributed by atoms with van der Waals surface area (Å²) >= 11 is 0. The number of ketones is 1. The quantitative estimate of drug-likeness (QED) is 0.822. The highest BCUT2D eigenvalue weighted by Gasteiger charge is 2.26. The summed E-state index contributed by atoms with van der Waals surface area (Å²) in [6, 6.07) is 1.60. The normalized spacial score (nSPS) is 18.8. The van der Waals surface area contributed by atoms with E-state index in [1.54, 1.807) is 17.2 Å². The van der Waals surface area contributed by atoms with Crippen LogP contribution in [0.15, 0.2) is 12.3 Å². The first-order chi connectivity index (χ1) is 12.5. The van der Waals surface area contributed by atoms with Crippen LogP contribution in [0.25, 0.3) is 0 Å². The van der Waals surface area contributed by atoms with Crippen LogP contribution in [-0.4, -0.2) is 58.6 Å². The lowest BCUT2D eigenvalue weighted by Crippen LogP contribution is -2.50. The van der Waals surface area contributed by atoms with Crippen LogP contribution < -0.4 is 0 Å². The Hall–Kier alpha value is -2.11. The molecule has 1 aromatic rings. The van der Waals surface area contributed by atoms with E-state index in [1.807, 2.05) is 4.90 Å². The van der Waals surface area contributed by atoms with Crippen LogP contribution >= 0.6 is 0 Å². The number of carbonyl (C=O) groups is 3. The summed E-state index contributed by atoms with van der Waals surface area (Å²) in [5, 5.41) is 0. The number of aromatic amines is 1. The summed E-state index contributed by atoms with van der Waals surface area (Å²) in [6.07, 6.45) is 9.72. The fourth-order valence-electron chi connectivity index (χ4n) is 4.01. The first kappa shape index (κ1) is 18.7.